The van der Waals surface area contributed by atoms with Crippen LogP contribution in [0.15, 0.2) is 12.7 Å². The van der Waals surface area contributed by atoms with Gasteiger partial charge in [-0.25, -0.2) is 0 Å². The molecule has 0 saturated heterocycles. The number of hydrogen-bond donors (Lipinski definition) is 0. The van der Waals surface area contributed by atoms with Gasteiger partial charge in [-0.2, -0.15) is 0 Å². The topological polar surface area (TPSA) is 27.7 Å². The zero-order valence-corrected chi connectivity index (χ0v) is 9.07. The van der Waals surface area contributed by atoms with Crippen LogP contribution < -0.4 is 0 Å². The Morgan fingerprint density at radius 3 is 2.17 bits per heavy atom. The average molecular weight is 190 g/mol. The van der Waals surface area contributed by atoms with Crippen molar-refractivity contribution in [2.75, 3.05) is 19.8 Å². The molecule has 0 amide bonds. The fourth-order valence-electron chi connectivity index (χ4n) is 0.664. The molecule has 0 fully saturated rings. The molecule has 0 aromatic rings. The van der Waals surface area contributed by atoms with E-state index in [1.165, 1.54) is 0 Å². The van der Waals surface area contributed by atoms with Gasteiger partial charge in [-0.1, -0.05) is 6.08 Å². The summed E-state index contributed by atoms with van der Waals surface area (Å²) in [5.41, 5.74) is 0. The van der Waals surface area contributed by atoms with Crippen LogP contribution in [0.2, 0.25) is 0 Å². The molecule has 0 unspecified atom stereocenters. The minimum atomic E-state index is -1.81. The van der Waals surface area contributed by atoms with Crippen LogP contribution in [0.4, 0.5) is 0 Å². The maximum atomic E-state index is 5.39. The Bertz CT molecular complexity index is 102. The van der Waals surface area contributed by atoms with Crippen LogP contribution in [0.5, 0.6) is 0 Å². The van der Waals surface area contributed by atoms with E-state index in [2.05, 4.69) is 6.58 Å². The predicted octanol–water partition coefficient (Wildman–Crippen LogP) is 1.37. The van der Waals surface area contributed by atoms with E-state index < -0.39 is 9.53 Å². The molecular weight excluding hydrogens is 172 g/mol. The maximum Gasteiger partial charge on any atom is 0.484 e. The highest BCUT2D eigenvalue weighted by molar-refractivity contribution is 6.36. The summed E-state index contributed by atoms with van der Waals surface area (Å²) in [7, 11) is -1.81. The summed E-state index contributed by atoms with van der Waals surface area (Å²) in [4.78, 5) is 0. The molecule has 0 aromatic carbocycles. The van der Waals surface area contributed by atoms with Gasteiger partial charge in [0, 0.05) is 19.8 Å². The van der Waals surface area contributed by atoms with Crippen molar-refractivity contribution in [2.45, 2.75) is 20.3 Å². The van der Waals surface area contributed by atoms with Gasteiger partial charge in [-0.15, -0.1) is 6.58 Å². The molecule has 0 bridgehead atoms. The third-order valence-electron chi connectivity index (χ3n) is 1.18. The zero-order chi connectivity index (χ0) is 9.23. The second-order valence-electron chi connectivity index (χ2n) is 2.15. The summed E-state index contributed by atoms with van der Waals surface area (Å²) in [6.45, 7) is 9.45. The van der Waals surface area contributed by atoms with E-state index in [0.29, 0.717) is 19.8 Å². The Morgan fingerprint density at radius 1 is 1.17 bits per heavy atom. The van der Waals surface area contributed by atoms with Crippen molar-refractivity contribution < 1.29 is 13.3 Å². The van der Waals surface area contributed by atoms with Gasteiger partial charge in [0.1, 0.15) is 0 Å². The van der Waals surface area contributed by atoms with E-state index in [4.69, 9.17) is 13.3 Å². The normalized spacial score (nSPS) is 10.6. The molecule has 0 N–H and O–H groups in total. The van der Waals surface area contributed by atoms with Crippen molar-refractivity contribution in [2.24, 2.45) is 0 Å². The third-order valence-corrected chi connectivity index (χ3v) is 2.90. The molecule has 0 radical (unpaired) electrons. The molecule has 3 nitrogen and oxygen atoms in total. The van der Waals surface area contributed by atoms with Crippen molar-refractivity contribution in [3.63, 3.8) is 0 Å². The number of rotatable bonds is 8. The van der Waals surface area contributed by atoms with Gasteiger partial charge in [0.15, 0.2) is 0 Å². The van der Waals surface area contributed by atoms with Crippen LogP contribution in [-0.4, -0.2) is 29.3 Å². The van der Waals surface area contributed by atoms with Gasteiger partial charge < -0.3 is 13.3 Å². The summed E-state index contributed by atoms with van der Waals surface area (Å²) >= 11 is 0. The Balaban J connectivity index is 3.40. The van der Waals surface area contributed by atoms with E-state index in [9.17, 15) is 0 Å². The van der Waals surface area contributed by atoms with Crippen LogP contribution >= 0.6 is 0 Å². The van der Waals surface area contributed by atoms with E-state index in [1.54, 1.807) is 0 Å². The lowest BCUT2D eigenvalue weighted by Crippen LogP contribution is -2.27. The Kier molecular flexibility index (Phi) is 8.81. The smallest absolute Gasteiger partial charge is 0.376 e. The molecule has 0 atom stereocenters. The second kappa shape index (κ2) is 8.93. The van der Waals surface area contributed by atoms with Gasteiger partial charge in [0.05, 0.1) is 0 Å². The SMILES string of the molecule is C=CCCO[SiH](OCC)OCC. The summed E-state index contributed by atoms with van der Waals surface area (Å²) in [5.74, 6) is 0. The molecule has 0 spiro atoms. The highest BCUT2D eigenvalue weighted by atomic mass is 28.3. The minimum absolute atomic E-state index is 0.653. The van der Waals surface area contributed by atoms with Gasteiger partial charge in [-0.05, 0) is 20.3 Å². The first-order valence-electron chi connectivity index (χ1n) is 4.30. The molecule has 72 valence electrons. The molecule has 0 heterocycles. The molecule has 0 aliphatic heterocycles. The molecule has 0 rings (SSSR count). The predicted molar refractivity (Wildman–Crippen MR) is 51.2 cm³/mol. The third kappa shape index (κ3) is 6.54. The van der Waals surface area contributed by atoms with Crippen LogP contribution in [-0.2, 0) is 13.3 Å². The minimum Gasteiger partial charge on any atom is -0.376 e. The first-order chi connectivity index (χ1) is 5.85. The summed E-state index contributed by atoms with van der Waals surface area (Å²) in [5, 5.41) is 0. The fraction of sp³-hybridized carbons (Fsp3) is 0.750. The number of hydrogen-bond acceptors (Lipinski definition) is 3. The molecule has 4 heteroatoms. The maximum absolute atomic E-state index is 5.39. The van der Waals surface area contributed by atoms with E-state index in [-0.39, 0.29) is 0 Å². The second-order valence-corrected chi connectivity index (χ2v) is 3.72. The van der Waals surface area contributed by atoms with Crippen molar-refractivity contribution in [1.82, 2.24) is 0 Å². The van der Waals surface area contributed by atoms with E-state index >= 15 is 0 Å². The molecule has 0 aliphatic rings. The Morgan fingerprint density at radius 2 is 1.75 bits per heavy atom. The quantitative estimate of drug-likeness (QED) is 0.329. The summed E-state index contributed by atoms with van der Waals surface area (Å²) in [6.07, 6.45) is 2.67. The fourth-order valence-corrected chi connectivity index (χ4v) is 1.83. The molecule has 0 aliphatic carbocycles. The monoisotopic (exact) mass is 190 g/mol. The highest BCUT2D eigenvalue weighted by Crippen LogP contribution is 1.94. The Hall–Kier alpha value is -0.163. The van der Waals surface area contributed by atoms with Gasteiger partial charge in [0.25, 0.3) is 0 Å². The van der Waals surface area contributed by atoms with Gasteiger partial charge in [0.2, 0.25) is 0 Å². The largest absolute Gasteiger partial charge is 0.484 e. The van der Waals surface area contributed by atoms with Gasteiger partial charge >= 0.3 is 9.53 Å². The lowest BCUT2D eigenvalue weighted by molar-refractivity contribution is 0.104. The highest BCUT2D eigenvalue weighted by Gasteiger charge is 2.12. The van der Waals surface area contributed by atoms with Crippen molar-refractivity contribution in [1.29, 1.82) is 0 Å². The van der Waals surface area contributed by atoms with Crippen molar-refractivity contribution >= 4 is 9.53 Å². The summed E-state index contributed by atoms with van der Waals surface area (Å²) < 4.78 is 16.0. The van der Waals surface area contributed by atoms with Crippen LogP contribution in [0.25, 0.3) is 0 Å². The molecule has 0 aromatic heterocycles. The molecule has 0 saturated carbocycles. The lowest BCUT2D eigenvalue weighted by atomic mass is 10.5. The van der Waals surface area contributed by atoms with E-state index in [1.807, 2.05) is 19.9 Å². The molecule has 12 heavy (non-hydrogen) atoms. The summed E-state index contributed by atoms with van der Waals surface area (Å²) in [6, 6.07) is 0. The first-order valence-corrected chi connectivity index (χ1v) is 5.72. The zero-order valence-electron chi connectivity index (χ0n) is 7.91. The average Bonchev–Trinajstić information content (AvgIpc) is 2.06. The van der Waals surface area contributed by atoms with Crippen LogP contribution in [0.3, 0.4) is 0 Å². The van der Waals surface area contributed by atoms with Crippen LogP contribution in [0, 0.1) is 0 Å². The Labute approximate surface area is 76.3 Å². The lowest BCUT2D eigenvalue weighted by Gasteiger charge is -2.13. The van der Waals surface area contributed by atoms with Gasteiger partial charge in [-0.3, -0.25) is 0 Å². The van der Waals surface area contributed by atoms with Crippen molar-refractivity contribution in [3.05, 3.63) is 12.7 Å². The molecular formula is C8H18O3Si. The van der Waals surface area contributed by atoms with Crippen molar-refractivity contribution in [3.8, 4) is 0 Å². The van der Waals surface area contributed by atoms with Crippen LogP contribution in [0.1, 0.15) is 20.3 Å². The van der Waals surface area contributed by atoms with E-state index in [0.717, 1.165) is 6.42 Å². The first kappa shape index (κ1) is 11.8. The standard InChI is InChI=1S/C8H18O3Si/c1-4-7-8-11-12(9-5-2)10-6-3/h4,12H,1,5-8H2,2-3H3.